The molecule has 0 aromatic carbocycles. The second-order valence-electron chi connectivity index (χ2n) is 1.84. The molecule has 0 aliphatic heterocycles. The van der Waals surface area contributed by atoms with Crippen LogP contribution in [-0.2, 0) is 9.84 Å². The minimum atomic E-state index is -5.30. The Bertz CT molecular complexity index is 352. The predicted octanol–water partition coefficient (Wildman–Crippen LogP) is 0.703. The van der Waals surface area contributed by atoms with Crippen molar-refractivity contribution in [1.82, 2.24) is 9.97 Å². The number of aromatic nitrogens is 2. The quantitative estimate of drug-likeness (QED) is 0.725. The summed E-state index contributed by atoms with van der Waals surface area (Å²) in [6.07, 6.45) is 1.93. The summed E-state index contributed by atoms with van der Waals surface area (Å²) in [5.41, 5.74) is -5.30. The van der Waals surface area contributed by atoms with Crippen LogP contribution in [0.15, 0.2) is 17.6 Å². The number of hydrogen-bond donors (Lipinski definition) is 1. The van der Waals surface area contributed by atoms with Gasteiger partial charge in [-0.05, 0) is 0 Å². The van der Waals surface area contributed by atoms with E-state index in [-0.39, 0.29) is 0 Å². The summed E-state index contributed by atoms with van der Waals surface area (Å²) in [4.78, 5) is 4.86. The predicted molar refractivity (Wildman–Crippen MR) is 31.8 cm³/mol. The van der Waals surface area contributed by atoms with E-state index in [2.05, 4.69) is 4.98 Å². The maximum atomic E-state index is 11.7. The Morgan fingerprint density at radius 1 is 1.42 bits per heavy atom. The maximum Gasteiger partial charge on any atom is 0.504 e. The molecule has 0 saturated heterocycles. The highest BCUT2D eigenvalue weighted by Gasteiger charge is 2.48. The minimum absolute atomic E-state index is 0.929. The van der Waals surface area contributed by atoms with Gasteiger partial charge in [0.25, 0.3) is 0 Å². The van der Waals surface area contributed by atoms with E-state index in [9.17, 15) is 21.6 Å². The van der Waals surface area contributed by atoms with Crippen LogP contribution in [0.5, 0.6) is 0 Å². The Labute approximate surface area is 65.3 Å². The topological polar surface area (TPSA) is 62.8 Å². The number of H-pyrrole nitrogens is 1. The largest absolute Gasteiger partial charge is 0.504 e. The van der Waals surface area contributed by atoms with Crippen LogP contribution in [0.1, 0.15) is 0 Å². The van der Waals surface area contributed by atoms with E-state index in [1.54, 1.807) is 0 Å². The summed E-state index contributed by atoms with van der Waals surface area (Å²) in [7, 11) is -5.30. The number of alkyl halides is 3. The SMILES string of the molecule is O=S(=O)(c1ncc[nH]1)C(F)(F)F. The summed E-state index contributed by atoms with van der Waals surface area (Å²) >= 11 is 0. The van der Waals surface area contributed by atoms with Crippen LogP contribution in [0.2, 0.25) is 0 Å². The number of rotatable bonds is 1. The van der Waals surface area contributed by atoms with Crippen molar-refractivity contribution in [2.24, 2.45) is 0 Å². The third-order valence-corrected chi connectivity index (χ3v) is 2.37. The Hall–Kier alpha value is -1.05. The first-order valence-electron chi connectivity index (χ1n) is 2.66. The van der Waals surface area contributed by atoms with E-state index in [0.717, 1.165) is 12.4 Å². The number of aromatic amines is 1. The monoisotopic (exact) mass is 200 g/mol. The molecular formula is C4H3F3N2O2S. The van der Waals surface area contributed by atoms with Crippen LogP contribution < -0.4 is 0 Å². The molecule has 0 atom stereocenters. The van der Waals surface area contributed by atoms with Gasteiger partial charge in [-0.25, -0.2) is 13.4 Å². The lowest BCUT2D eigenvalue weighted by Gasteiger charge is -2.03. The maximum absolute atomic E-state index is 11.7. The first kappa shape index (κ1) is 9.04. The van der Waals surface area contributed by atoms with Gasteiger partial charge in [0.15, 0.2) is 0 Å². The zero-order valence-electron chi connectivity index (χ0n) is 5.46. The number of nitrogens with zero attached hydrogens (tertiary/aromatic N) is 1. The zero-order chi connectivity index (χ0) is 9.41. The molecule has 0 aliphatic carbocycles. The van der Waals surface area contributed by atoms with E-state index in [1.165, 1.54) is 0 Å². The summed E-state index contributed by atoms with van der Waals surface area (Å²) in [5, 5.41) is -1.09. The van der Waals surface area contributed by atoms with Crippen molar-refractivity contribution in [2.45, 2.75) is 10.7 Å². The highest BCUT2D eigenvalue weighted by Crippen LogP contribution is 2.27. The highest BCUT2D eigenvalue weighted by molar-refractivity contribution is 7.92. The molecule has 1 heterocycles. The van der Waals surface area contributed by atoms with Crippen molar-refractivity contribution in [3.8, 4) is 0 Å². The Morgan fingerprint density at radius 2 is 2.00 bits per heavy atom. The van der Waals surface area contributed by atoms with Gasteiger partial charge >= 0.3 is 15.3 Å². The van der Waals surface area contributed by atoms with Gasteiger partial charge in [-0.1, -0.05) is 0 Å². The molecule has 0 radical (unpaired) electrons. The van der Waals surface area contributed by atoms with Gasteiger partial charge in [0, 0.05) is 12.4 Å². The van der Waals surface area contributed by atoms with E-state index in [4.69, 9.17) is 0 Å². The van der Waals surface area contributed by atoms with Gasteiger partial charge in [-0.15, -0.1) is 0 Å². The van der Waals surface area contributed by atoms with E-state index < -0.39 is 20.5 Å². The van der Waals surface area contributed by atoms with Crippen LogP contribution in [0.25, 0.3) is 0 Å². The summed E-state index contributed by atoms with van der Waals surface area (Å²) in [5.74, 6) is 0. The summed E-state index contributed by atoms with van der Waals surface area (Å²) < 4.78 is 56.2. The van der Waals surface area contributed by atoms with Crippen LogP contribution >= 0.6 is 0 Å². The molecule has 0 bridgehead atoms. The minimum Gasteiger partial charge on any atom is -0.335 e. The Morgan fingerprint density at radius 3 is 2.33 bits per heavy atom. The van der Waals surface area contributed by atoms with Gasteiger partial charge in [0.2, 0.25) is 5.16 Å². The van der Waals surface area contributed by atoms with Crippen molar-refractivity contribution in [3.05, 3.63) is 12.4 Å². The zero-order valence-corrected chi connectivity index (χ0v) is 6.28. The number of hydrogen-bond acceptors (Lipinski definition) is 3. The van der Waals surface area contributed by atoms with Gasteiger partial charge in [0.1, 0.15) is 0 Å². The molecule has 8 heteroatoms. The average molecular weight is 200 g/mol. The molecule has 4 nitrogen and oxygen atoms in total. The van der Waals surface area contributed by atoms with Gasteiger partial charge in [-0.2, -0.15) is 13.2 Å². The summed E-state index contributed by atoms with van der Waals surface area (Å²) in [6.45, 7) is 0. The number of nitrogens with one attached hydrogen (secondary N) is 1. The van der Waals surface area contributed by atoms with E-state index in [0.29, 0.717) is 0 Å². The summed E-state index contributed by atoms with van der Waals surface area (Å²) in [6, 6.07) is 0. The van der Waals surface area contributed by atoms with Crippen molar-refractivity contribution < 1.29 is 21.6 Å². The molecule has 1 aromatic heterocycles. The third-order valence-electron chi connectivity index (χ3n) is 1.03. The first-order chi connectivity index (χ1) is 5.36. The van der Waals surface area contributed by atoms with E-state index in [1.807, 2.05) is 4.98 Å². The second-order valence-corrected chi connectivity index (χ2v) is 3.70. The van der Waals surface area contributed by atoms with Gasteiger partial charge < -0.3 is 4.98 Å². The molecule has 0 amide bonds. The first-order valence-corrected chi connectivity index (χ1v) is 4.15. The van der Waals surface area contributed by atoms with Crippen LogP contribution in [-0.4, -0.2) is 23.9 Å². The van der Waals surface area contributed by atoms with Crippen molar-refractivity contribution in [3.63, 3.8) is 0 Å². The van der Waals surface area contributed by atoms with Gasteiger partial charge in [0.05, 0.1) is 0 Å². The fourth-order valence-electron chi connectivity index (χ4n) is 0.507. The average Bonchev–Trinajstić information content (AvgIpc) is 2.34. The van der Waals surface area contributed by atoms with Crippen LogP contribution in [0, 0.1) is 0 Å². The molecule has 1 rings (SSSR count). The second kappa shape index (κ2) is 2.47. The highest BCUT2D eigenvalue weighted by atomic mass is 32.2. The molecular weight excluding hydrogens is 197 g/mol. The molecule has 1 aromatic rings. The molecule has 0 spiro atoms. The molecule has 12 heavy (non-hydrogen) atoms. The van der Waals surface area contributed by atoms with Crippen molar-refractivity contribution >= 4 is 9.84 Å². The molecule has 0 fully saturated rings. The fraction of sp³-hybridized carbons (Fsp3) is 0.250. The normalized spacial score (nSPS) is 13.2. The molecule has 0 aliphatic rings. The number of imidazole rings is 1. The Kier molecular flexibility index (Phi) is 1.86. The van der Waals surface area contributed by atoms with Crippen molar-refractivity contribution in [1.29, 1.82) is 0 Å². The molecule has 0 saturated carbocycles. The lowest BCUT2D eigenvalue weighted by molar-refractivity contribution is -0.0440. The van der Waals surface area contributed by atoms with Gasteiger partial charge in [-0.3, -0.25) is 0 Å². The molecule has 0 unspecified atom stereocenters. The van der Waals surface area contributed by atoms with Crippen molar-refractivity contribution in [2.75, 3.05) is 0 Å². The lowest BCUT2D eigenvalue weighted by atomic mass is 11.0. The van der Waals surface area contributed by atoms with E-state index >= 15 is 0 Å². The fourth-order valence-corrected chi connectivity index (χ4v) is 1.15. The number of halogens is 3. The lowest BCUT2D eigenvalue weighted by Crippen LogP contribution is -2.24. The van der Waals surface area contributed by atoms with Crippen LogP contribution in [0.4, 0.5) is 13.2 Å². The standard InChI is InChI=1S/C4H3F3N2O2S/c5-4(6,7)12(10,11)3-8-1-2-9-3/h1-2H,(H,8,9). The molecule has 1 N–H and O–H groups in total. The number of sulfone groups is 1. The Balaban J connectivity index is 3.22. The third kappa shape index (κ3) is 1.29. The smallest absolute Gasteiger partial charge is 0.335 e. The van der Waals surface area contributed by atoms with Crippen LogP contribution in [0.3, 0.4) is 0 Å². The molecule has 68 valence electrons.